The van der Waals surface area contributed by atoms with Crippen molar-refractivity contribution < 1.29 is 19.4 Å². The number of ketones is 1. The lowest BCUT2D eigenvalue weighted by atomic mass is 9.98. The molecule has 0 spiro atoms. The van der Waals surface area contributed by atoms with Gasteiger partial charge in [0.25, 0.3) is 0 Å². The summed E-state index contributed by atoms with van der Waals surface area (Å²) in [6.07, 6.45) is 0. The Hall–Kier alpha value is -3.13. The monoisotopic (exact) mass is 295 g/mol. The van der Waals surface area contributed by atoms with Crippen molar-refractivity contribution in [2.24, 2.45) is 0 Å². The van der Waals surface area contributed by atoms with E-state index in [0.29, 0.717) is 0 Å². The van der Waals surface area contributed by atoms with E-state index in [9.17, 15) is 20.0 Å². The highest BCUT2D eigenvalue weighted by Crippen LogP contribution is 2.26. The van der Waals surface area contributed by atoms with Crippen LogP contribution in [0.3, 0.4) is 0 Å². The van der Waals surface area contributed by atoms with E-state index in [4.69, 9.17) is 4.74 Å². The third-order valence-electron chi connectivity index (χ3n) is 3.11. The van der Waals surface area contributed by atoms with Crippen LogP contribution in [0.25, 0.3) is 0 Å². The van der Waals surface area contributed by atoms with Crippen molar-refractivity contribution in [3.63, 3.8) is 0 Å². The highest BCUT2D eigenvalue weighted by Gasteiger charge is 2.22. The second-order valence-corrected chi connectivity index (χ2v) is 4.61. The second-order valence-electron chi connectivity index (χ2n) is 4.61. The minimum absolute atomic E-state index is 0.00360. The highest BCUT2D eigenvalue weighted by atomic mass is 16.5. The molecule has 22 heavy (non-hydrogen) atoms. The molecule has 0 amide bonds. The molecular formula is C17H13NO4. The molecule has 5 nitrogen and oxygen atoms in total. The van der Waals surface area contributed by atoms with Gasteiger partial charge in [0.15, 0.2) is 5.78 Å². The summed E-state index contributed by atoms with van der Waals surface area (Å²) in [6.45, 7) is 1.46. The van der Waals surface area contributed by atoms with Crippen molar-refractivity contribution in [3.8, 4) is 11.8 Å². The summed E-state index contributed by atoms with van der Waals surface area (Å²) in [4.78, 5) is 22.9. The molecule has 1 N–H and O–H groups in total. The maximum atomic E-state index is 11.5. The molecule has 110 valence electrons. The number of ether oxygens (including phenoxy) is 1. The Balaban J connectivity index is 2.41. The summed E-state index contributed by atoms with van der Waals surface area (Å²) in [5, 5.41) is 18.5. The van der Waals surface area contributed by atoms with E-state index in [1.54, 1.807) is 0 Å². The molecule has 0 atom stereocenters. The Morgan fingerprint density at radius 2 is 1.86 bits per heavy atom. The number of carboxylic acid groups (broad SMARTS) is 1. The largest absolute Gasteiger partial charge is 0.487 e. The van der Waals surface area contributed by atoms with Gasteiger partial charge < -0.3 is 9.84 Å². The van der Waals surface area contributed by atoms with Gasteiger partial charge in [-0.25, -0.2) is 4.79 Å². The van der Waals surface area contributed by atoms with Gasteiger partial charge in [0.1, 0.15) is 24.0 Å². The van der Waals surface area contributed by atoms with E-state index < -0.39 is 11.8 Å². The summed E-state index contributed by atoms with van der Waals surface area (Å²) in [7, 11) is 0. The first-order valence-corrected chi connectivity index (χ1v) is 6.52. The molecule has 0 aromatic heterocycles. The predicted molar refractivity (Wildman–Crippen MR) is 78.9 cm³/mol. The molecule has 2 aromatic rings. The number of carbonyl (C=O) groups is 2. The molecule has 2 aromatic carbocycles. The number of carbonyl (C=O) groups excluding carboxylic acids is 1. The van der Waals surface area contributed by atoms with Crippen molar-refractivity contribution in [2.75, 3.05) is 0 Å². The molecule has 0 unspecified atom stereocenters. The molecule has 0 aliphatic heterocycles. The topological polar surface area (TPSA) is 87.4 Å². The minimum atomic E-state index is -1.33. The second kappa shape index (κ2) is 6.55. The summed E-state index contributed by atoms with van der Waals surface area (Å²) >= 11 is 0. The van der Waals surface area contributed by atoms with E-state index in [1.807, 2.05) is 36.4 Å². The van der Waals surface area contributed by atoms with Gasteiger partial charge in [0, 0.05) is 5.56 Å². The van der Waals surface area contributed by atoms with Crippen LogP contribution in [0.5, 0.6) is 5.75 Å². The number of hydrogen-bond donors (Lipinski definition) is 1. The number of nitriles is 1. The molecule has 0 heterocycles. The van der Waals surface area contributed by atoms with E-state index in [2.05, 4.69) is 0 Å². The Kier molecular flexibility index (Phi) is 4.54. The highest BCUT2D eigenvalue weighted by molar-refractivity contribution is 6.06. The average molecular weight is 295 g/mol. The summed E-state index contributed by atoms with van der Waals surface area (Å²) < 4.78 is 5.54. The van der Waals surface area contributed by atoms with Crippen LogP contribution >= 0.6 is 0 Å². The smallest absolute Gasteiger partial charge is 0.337 e. The Morgan fingerprint density at radius 1 is 1.18 bits per heavy atom. The van der Waals surface area contributed by atoms with Gasteiger partial charge >= 0.3 is 5.97 Å². The maximum absolute atomic E-state index is 11.5. The van der Waals surface area contributed by atoms with Gasteiger partial charge in [-0.3, -0.25) is 4.79 Å². The first-order valence-electron chi connectivity index (χ1n) is 6.52. The third-order valence-corrected chi connectivity index (χ3v) is 3.11. The Bertz CT molecular complexity index is 760. The van der Waals surface area contributed by atoms with Gasteiger partial charge in [0.2, 0.25) is 0 Å². The molecule has 5 heteroatoms. The number of hydrogen-bond acceptors (Lipinski definition) is 4. The van der Waals surface area contributed by atoms with Gasteiger partial charge in [-0.2, -0.15) is 5.26 Å². The molecule has 0 fully saturated rings. The molecule has 0 radical (unpaired) electrons. The van der Waals surface area contributed by atoms with Gasteiger partial charge in [-0.15, -0.1) is 0 Å². The van der Waals surface area contributed by atoms with Crippen LogP contribution in [0.1, 0.15) is 38.8 Å². The Labute approximate surface area is 127 Å². The maximum Gasteiger partial charge on any atom is 0.337 e. The van der Waals surface area contributed by atoms with Crippen molar-refractivity contribution in [1.82, 2.24) is 0 Å². The number of aromatic carboxylic acids is 1. The van der Waals surface area contributed by atoms with Crippen molar-refractivity contribution in [2.45, 2.75) is 13.5 Å². The van der Waals surface area contributed by atoms with E-state index >= 15 is 0 Å². The predicted octanol–water partition coefficient (Wildman–Crippen LogP) is 3.04. The van der Waals surface area contributed by atoms with Crippen LogP contribution in [-0.2, 0) is 6.61 Å². The van der Waals surface area contributed by atoms with E-state index in [-0.39, 0.29) is 29.0 Å². The molecule has 0 aliphatic carbocycles. The first kappa shape index (κ1) is 15.3. The molecule has 0 aliphatic rings. The summed E-state index contributed by atoms with van der Waals surface area (Å²) in [6, 6.07) is 13.9. The molecule has 0 bridgehead atoms. The lowest BCUT2D eigenvalue weighted by Gasteiger charge is -2.12. The van der Waals surface area contributed by atoms with Crippen LogP contribution < -0.4 is 4.74 Å². The van der Waals surface area contributed by atoms with E-state index in [1.165, 1.54) is 19.1 Å². The number of rotatable bonds is 5. The summed E-state index contributed by atoms with van der Waals surface area (Å²) in [5.74, 6) is -1.59. The van der Waals surface area contributed by atoms with Crippen LogP contribution in [-0.4, -0.2) is 16.9 Å². The lowest BCUT2D eigenvalue weighted by Crippen LogP contribution is -2.10. The van der Waals surface area contributed by atoms with Gasteiger partial charge in [0.05, 0.1) is 5.56 Å². The van der Waals surface area contributed by atoms with Crippen LogP contribution in [0.2, 0.25) is 0 Å². The SMILES string of the molecule is CC(=O)c1ccc(OCc2ccccc2)c(C#N)c1C(=O)O. The van der Waals surface area contributed by atoms with Crippen molar-refractivity contribution in [1.29, 1.82) is 5.26 Å². The first-order chi connectivity index (χ1) is 10.5. The zero-order chi connectivity index (χ0) is 16.1. The summed E-state index contributed by atoms with van der Waals surface area (Å²) in [5.41, 5.74) is 0.423. The minimum Gasteiger partial charge on any atom is -0.487 e. The quantitative estimate of drug-likeness (QED) is 0.856. The Morgan fingerprint density at radius 3 is 2.41 bits per heavy atom. The molecule has 2 rings (SSSR count). The number of benzene rings is 2. The average Bonchev–Trinajstić information content (AvgIpc) is 2.52. The third kappa shape index (κ3) is 3.13. The molecular weight excluding hydrogens is 282 g/mol. The van der Waals surface area contributed by atoms with Crippen molar-refractivity contribution >= 4 is 11.8 Å². The standard InChI is InChI=1S/C17H13NO4/c1-11(19)13-7-8-15(14(9-18)16(13)17(20)21)22-10-12-5-3-2-4-6-12/h2-8H,10H2,1H3,(H,20,21). The van der Waals surface area contributed by atoms with Crippen molar-refractivity contribution in [3.05, 3.63) is 64.7 Å². The van der Waals surface area contributed by atoms with E-state index in [0.717, 1.165) is 5.56 Å². The number of nitrogens with zero attached hydrogens (tertiary/aromatic N) is 1. The van der Waals surface area contributed by atoms with Gasteiger partial charge in [-0.1, -0.05) is 30.3 Å². The lowest BCUT2D eigenvalue weighted by molar-refractivity contribution is 0.0691. The van der Waals surface area contributed by atoms with Crippen LogP contribution in [0, 0.1) is 11.3 Å². The van der Waals surface area contributed by atoms with Crippen LogP contribution in [0.15, 0.2) is 42.5 Å². The van der Waals surface area contributed by atoms with Gasteiger partial charge in [-0.05, 0) is 24.6 Å². The van der Waals surface area contributed by atoms with Crippen LogP contribution in [0.4, 0.5) is 0 Å². The number of Topliss-reactive ketones (excluding diaryl/α,β-unsaturated/α-hetero) is 1. The molecule has 0 saturated heterocycles. The molecule has 0 saturated carbocycles. The fraction of sp³-hybridized carbons (Fsp3) is 0.118. The zero-order valence-corrected chi connectivity index (χ0v) is 11.9. The fourth-order valence-corrected chi connectivity index (χ4v) is 2.07. The number of carboxylic acids is 1. The normalized spacial score (nSPS) is 9.82. The zero-order valence-electron chi connectivity index (χ0n) is 11.9. The fourth-order valence-electron chi connectivity index (χ4n) is 2.07.